The van der Waals surface area contributed by atoms with Crippen LogP contribution in [0.15, 0.2) is 42.5 Å². The van der Waals surface area contributed by atoms with Crippen molar-refractivity contribution < 1.29 is 14.7 Å². The number of benzene rings is 2. The molecular weight excluding hydrogens is 254 g/mol. The van der Waals surface area contributed by atoms with Gasteiger partial charge in [0.25, 0.3) is 0 Å². The predicted molar refractivity (Wildman–Crippen MR) is 77.6 cm³/mol. The molecule has 0 aliphatic carbocycles. The van der Waals surface area contributed by atoms with Crippen LogP contribution in [0.25, 0.3) is 10.8 Å². The zero-order chi connectivity index (χ0) is 14.5. The van der Waals surface area contributed by atoms with Crippen LogP contribution >= 0.6 is 0 Å². The van der Waals surface area contributed by atoms with Crippen molar-refractivity contribution in [3.8, 4) is 0 Å². The molecular formula is C16H17NO3. The van der Waals surface area contributed by atoms with E-state index < -0.39 is 5.97 Å². The topological polar surface area (TPSA) is 66.4 Å². The normalized spacial score (nSPS) is 12.1. The summed E-state index contributed by atoms with van der Waals surface area (Å²) in [4.78, 5) is 22.4. The Hall–Kier alpha value is -2.36. The zero-order valence-electron chi connectivity index (χ0n) is 11.3. The minimum Gasteiger partial charge on any atom is -0.481 e. The first-order chi connectivity index (χ1) is 9.58. The van der Waals surface area contributed by atoms with Gasteiger partial charge in [-0.25, -0.2) is 0 Å². The molecule has 104 valence electrons. The number of amides is 1. The van der Waals surface area contributed by atoms with E-state index in [1.807, 2.05) is 49.4 Å². The van der Waals surface area contributed by atoms with Crippen molar-refractivity contribution in [1.82, 2.24) is 5.32 Å². The Morgan fingerprint density at radius 2 is 1.85 bits per heavy atom. The van der Waals surface area contributed by atoms with Crippen LogP contribution in [-0.2, 0) is 9.59 Å². The molecule has 1 atom stereocenters. The van der Waals surface area contributed by atoms with Crippen molar-refractivity contribution in [3.05, 3.63) is 48.0 Å². The molecule has 0 aromatic heterocycles. The Kier molecular flexibility index (Phi) is 4.35. The highest BCUT2D eigenvalue weighted by atomic mass is 16.4. The van der Waals surface area contributed by atoms with Crippen molar-refractivity contribution >= 4 is 22.6 Å². The largest absolute Gasteiger partial charge is 0.481 e. The summed E-state index contributed by atoms with van der Waals surface area (Å²) < 4.78 is 0. The molecule has 0 heterocycles. The number of carbonyl (C=O) groups is 2. The maximum atomic E-state index is 12.0. The third-order valence-electron chi connectivity index (χ3n) is 3.30. The molecule has 2 rings (SSSR count). The summed E-state index contributed by atoms with van der Waals surface area (Å²) in [6.45, 7) is 1.98. The van der Waals surface area contributed by atoms with Gasteiger partial charge in [-0.05, 0) is 23.3 Å². The molecule has 4 nitrogen and oxygen atoms in total. The molecule has 0 saturated heterocycles. The minimum atomic E-state index is -0.913. The molecule has 20 heavy (non-hydrogen) atoms. The van der Waals surface area contributed by atoms with Crippen molar-refractivity contribution in [3.63, 3.8) is 0 Å². The first kappa shape index (κ1) is 14.1. The monoisotopic (exact) mass is 271 g/mol. The van der Waals surface area contributed by atoms with Crippen LogP contribution in [0.2, 0.25) is 0 Å². The van der Waals surface area contributed by atoms with Crippen LogP contribution < -0.4 is 5.32 Å². The number of nitrogens with one attached hydrogen (secondary N) is 1. The van der Waals surface area contributed by atoms with Crippen LogP contribution in [-0.4, -0.2) is 23.5 Å². The van der Waals surface area contributed by atoms with Gasteiger partial charge in [-0.1, -0.05) is 42.5 Å². The van der Waals surface area contributed by atoms with E-state index in [0.717, 1.165) is 16.3 Å². The Morgan fingerprint density at radius 1 is 1.15 bits per heavy atom. The van der Waals surface area contributed by atoms with Gasteiger partial charge in [0.05, 0.1) is 12.3 Å². The Balaban J connectivity index is 2.08. The number of carboxylic acid groups (broad SMARTS) is 1. The molecule has 1 unspecified atom stereocenters. The van der Waals surface area contributed by atoms with E-state index in [-0.39, 0.29) is 24.8 Å². The summed E-state index contributed by atoms with van der Waals surface area (Å²) in [5.41, 5.74) is 0.927. The van der Waals surface area contributed by atoms with E-state index >= 15 is 0 Å². The molecule has 0 aliphatic heterocycles. The molecule has 0 aliphatic rings. The molecule has 2 aromatic rings. The van der Waals surface area contributed by atoms with Crippen LogP contribution in [0, 0.1) is 0 Å². The van der Waals surface area contributed by atoms with E-state index in [1.165, 1.54) is 0 Å². The number of carbonyl (C=O) groups excluding carboxylic acids is 1. The summed E-state index contributed by atoms with van der Waals surface area (Å²) in [7, 11) is 0. The third-order valence-corrected chi connectivity index (χ3v) is 3.30. The Morgan fingerprint density at radius 3 is 2.55 bits per heavy atom. The van der Waals surface area contributed by atoms with E-state index in [1.54, 1.807) is 0 Å². The van der Waals surface area contributed by atoms with Crippen LogP contribution in [0.5, 0.6) is 0 Å². The first-order valence-electron chi connectivity index (χ1n) is 6.56. The van der Waals surface area contributed by atoms with Crippen molar-refractivity contribution in [2.24, 2.45) is 0 Å². The summed E-state index contributed by atoms with van der Waals surface area (Å²) in [6, 6.07) is 13.9. The van der Waals surface area contributed by atoms with E-state index in [2.05, 4.69) is 5.32 Å². The number of hydrogen-bond donors (Lipinski definition) is 2. The number of aliphatic carboxylic acids is 1. The fraction of sp³-hybridized carbons (Fsp3) is 0.250. The van der Waals surface area contributed by atoms with Crippen molar-refractivity contribution in [2.45, 2.75) is 19.3 Å². The first-order valence-corrected chi connectivity index (χ1v) is 6.56. The standard InChI is InChI=1S/C16H17NO3/c1-11(16(20)17-9-8-15(18)19)13-7-6-12-4-2-3-5-14(12)10-13/h2-7,10-11H,8-9H2,1H3,(H,17,20)(H,18,19). The Labute approximate surface area is 117 Å². The second-order valence-corrected chi connectivity index (χ2v) is 4.76. The summed E-state index contributed by atoms with van der Waals surface area (Å²) in [5.74, 6) is -1.36. The molecule has 2 N–H and O–H groups in total. The zero-order valence-corrected chi connectivity index (χ0v) is 11.3. The van der Waals surface area contributed by atoms with Gasteiger partial charge in [-0.15, -0.1) is 0 Å². The van der Waals surface area contributed by atoms with Gasteiger partial charge in [-0.2, -0.15) is 0 Å². The van der Waals surface area contributed by atoms with Crippen LogP contribution in [0.3, 0.4) is 0 Å². The van der Waals surface area contributed by atoms with Gasteiger partial charge in [-0.3, -0.25) is 9.59 Å². The fourth-order valence-electron chi connectivity index (χ4n) is 2.07. The molecule has 0 radical (unpaired) electrons. The average Bonchev–Trinajstić information content (AvgIpc) is 2.45. The van der Waals surface area contributed by atoms with Crippen molar-refractivity contribution in [2.75, 3.05) is 6.54 Å². The van der Waals surface area contributed by atoms with E-state index in [9.17, 15) is 9.59 Å². The highest BCUT2D eigenvalue weighted by Gasteiger charge is 2.15. The second kappa shape index (κ2) is 6.19. The number of hydrogen-bond acceptors (Lipinski definition) is 2. The predicted octanol–water partition coefficient (Wildman–Crippen LogP) is 2.53. The van der Waals surface area contributed by atoms with Gasteiger partial charge in [0.1, 0.15) is 0 Å². The smallest absolute Gasteiger partial charge is 0.305 e. The molecule has 4 heteroatoms. The lowest BCUT2D eigenvalue weighted by atomic mass is 9.97. The molecule has 1 amide bonds. The lowest BCUT2D eigenvalue weighted by molar-refractivity contribution is -0.136. The van der Waals surface area contributed by atoms with Crippen molar-refractivity contribution in [1.29, 1.82) is 0 Å². The van der Waals surface area contributed by atoms with Gasteiger partial charge < -0.3 is 10.4 Å². The highest BCUT2D eigenvalue weighted by molar-refractivity contribution is 5.87. The van der Waals surface area contributed by atoms with Gasteiger partial charge in [0.2, 0.25) is 5.91 Å². The lowest BCUT2D eigenvalue weighted by Crippen LogP contribution is -2.29. The van der Waals surface area contributed by atoms with Gasteiger partial charge in [0.15, 0.2) is 0 Å². The summed E-state index contributed by atoms with van der Waals surface area (Å²) in [6.07, 6.45) is -0.0593. The van der Waals surface area contributed by atoms with Gasteiger partial charge in [0, 0.05) is 6.54 Å². The van der Waals surface area contributed by atoms with Crippen LogP contribution in [0.1, 0.15) is 24.8 Å². The lowest BCUT2D eigenvalue weighted by Gasteiger charge is -2.13. The summed E-state index contributed by atoms with van der Waals surface area (Å²) >= 11 is 0. The molecule has 0 spiro atoms. The molecule has 0 saturated carbocycles. The molecule has 2 aromatic carbocycles. The van der Waals surface area contributed by atoms with E-state index in [0.29, 0.717) is 0 Å². The Bertz CT molecular complexity index is 636. The highest BCUT2D eigenvalue weighted by Crippen LogP contribution is 2.21. The van der Waals surface area contributed by atoms with E-state index in [4.69, 9.17) is 5.11 Å². The average molecular weight is 271 g/mol. The quantitative estimate of drug-likeness (QED) is 0.878. The molecule has 0 bridgehead atoms. The number of fused-ring (bicyclic) bond motifs is 1. The second-order valence-electron chi connectivity index (χ2n) is 4.76. The molecule has 0 fully saturated rings. The minimum absolute atomic E-state index is 0.0593. The maximum absolute atomic E-state index is 12.0. The van der Waals surface area contributed by atoms with Gasteiger partial charge >= 0.3 is 5.97 Å². The maximum Gasteiger partial charge on any atom is 0.305 e. The fourth-order valence-corrected chi connectivity index (χ4v) is 2.07. The van der Waals surface area contributed by atoms with Crippen LogP contribution in [0.4, 0.5) is 0 Å². The summed E-state index contributed by atoms with van der Waals surface area (Å²) in [5, 5.41) is 13.4. The number of rotatable bonds is 5. The number of carboxylic acids is 1. The SMILES string of the molecule is CC(C(=O)NCCC(=O)O)c1ccc2ccccc2c1. The third kappa shape index (κ3) is 3.35.